The van der Waals surface area contributed by atoms with Gasteiger partial charge in [0.1, 0.15) is 0 Å². The molecule has 0 saturated carbocycles. The second-order valence-corrected chi connectivity index (χ2v) is 7.32. The van der Waals surface area contributed by atoms with Crippen molar-refractivity contribution in [3.63, 3.8) is 0 Å². The predicted molar refractivity (Wildman–Crippen MR) is 107 cm³/mol. The minimum absolute atomic E-state index is 0.453. The summed E-state index contributed by atoms with van der Waals surface area (Å²) in [6.45, 7) is 14.7. The van der Waals surface area contributed by atoms with E-state index in [4.69, 9.17) is 0 Å². The van der Waals surface area contributed by atoms with Crippen molar-refractivity contribution in [2.75, 3.05) is 6.54 Å². The number of aryl methyl sites for hydroxylation is 3. The topological polar surface area (TPSA) is 54.3 Å². The van der Waals surface area contributed by atoms with Crippen molar-refractivity contribution in [3.05, 3.63) is 56.9 Å². The summed E-state index contributed by atoms with van der Waals surface area (Å²) in [6, 6.07) is 4.39. The minimum Gasteiger partial charge on any atom is -0.478 e. The van der Waals surface area contributed by atoms with E-state index in [1.54, 1.807) is 0 Å². The fourth-order valence-corrected chi connectivity index (χ4v) is 3.82. The lowest BCUT2D eigenvalue weighted by molar-refractivity contribution is 0.0694. The summed E-state index contributed by atoms with van der Waals surface area (Å²) in [7, 11) is 0. The zero-order chi connectivity index (χ0) is 19.4. The van der Waals surface area contributed by atoms with E-state index in [0.717, 1.165) is 36.3 Å². The molecule has 142 valence electrons. The van der Waals surface area contributed by atoms with Crippen molar-refractivity contribution in [2.45, 2.75) is 67.5 Å². The molecule has 0 amide bonds. The summed E-state index contributed by atoms with van der Waals surface area (Å²) in [6.07, 6.45) is 2.23. The van der Waals surface area contributed by atoms with E-state index in [-0.39, 0.29) is 0 Å². The molecule has 1 aromatic carbocycles. The average molecular weight is 357 g/mol. The number of carboxylic acids is 1. The van der Waals surface area contributed by atoms with E-state index < -0.39 is 5.97 Å². The molecule has 0 aliphatic carbocycles. The van der Waals surface area contributed by atoms with Crippen molar-refractivity contribution in [2.24, 2.45) is 0 Å². The van der Waals surface area contributed by atoms with Crippen LogP contribution < -0.4 is 5.32 Å². The summed E-state index contributed by atoms with van der Waals surface area (Å²) in [5.41, 5.74) is 8.30. The van der Waals surface area contributed by atoms with Crippen molar-refractivity contribution >= 4 is 5.97 Å². The van der Waals surface area contributed by atoms with Gasteiger partial charge in [0.25, 0.3) is 0 Å². The first kappa shape index (κ1) is 20.2. The molecule has 0 atom stereocenters. The second kappa shape index (κ2) is 8.54. The fourth-order valence-electron chi connectivity index (χ4n) is 3.82. The predicted octanol–water partition coefficient (Wildman–Crippen LogP) is 4.67. The number of nitrogens with zero attached hydrogens (tertiary/aromatic N) is 1. The van der Waals surface area contributed by atoms with Crippen LogP contribution in [0.3, 0.4) is 0 Å². The van der Waals surface area contributed by atoms with E-state index in [2.05, 4.69) is 49.7 Å². The summed E-state index contributed by atoms with van der Waals surface area (Å²) < 4.78 is 2.16. The number of hydrogen-bond donors (Lipinski definition) is 2. The zero-order valence-corrected chi connectivity index (χ0v) is 17.0. The molecular weight excluding hydrogens is 324 g/mol. The maximum Gasteiger partial charge on any atom is 0.337 e. The molecule has 2 N–H and O–H groups in total. The highest BCUT2D eigenvalue weighted by Crippen LogP contribution is 2.26. The molecule has 0 radical (unpaired) electrons. The third-order valence-corrected chi connectivity index (χ3v) is 5.29. The van der Waals surface area contributed by atoms with Gasteiger partial charge in [0.15, 0.2) is 0 Å². The number of carbonyl (C=O) groups is 1. The van der Waals surface area contributed by atoms with E-state index in [9.17, 15) is 9.90 Å². The lowest BCUT2D eigenvalue weighted by atomic mass is 9.99. The van der Waals surface area contributed by atoms with Crippen LogP contribution in [-0.4, -0.2) is 22.2 Å². The maximum absolute atomic E-state index is 11.9. The first-order valence-corrected chi connectivity index (χ1v) is 9.47. The van der Waals surface area contributed by atoms with Gasteiger partial charge in [-0.05, 0) is 64.3 Å². The number of nitrogens with one attached hydrogen (secondary N) is 1. The van der Waals surface area contributed by atoms with E-state index in [1.165, 1.54) is 22.3 Å². The van der Waals surface area contributed by atoms with Crippen LogP contribution in [0.15, 0.2) is 12.1 Å². The van der Waals surface area contributed by atoms with Gasteiger partial charge in [-0.15, -0.1) is 0 Å². The Labute approximate surface area is 157 Å². The Kier molecular flexibility index (Phi) is 6.65. The van der Waals surface area contributed by atoms with Crippen LogP contribution in [0.4, 0.5) is 0 Å². The molecular formula is C22H32N2O2. The van der Waals surface area contributed by atoms with Gasteiger partial charge < -0.3 is 15.0 Å². The zero-order valence-electron chi connectivity index (χ0n) is 17.0. The molecule has 2 rings (SSSR count). The number of aromatic carboxylic acids is 1. The normalized spacial score (nSPS) is 11.2. The van der Waals surface area contributed by atoms with Crippen molar-refractivity contribution in [1.82, 2.24) is 9.88 Å². The van der Waals surface area contributed by atoms with Crippen LogP contribution in [0.25, 0.3) is 0 Å². The number of aromatic nitrogens is 1. The number of carboxylic acid groups (broad SMARTS) is 1. The molecule has 4 nitrogen and oxygen atoms in total. The first-order valence-electron chi connectivity index (χ1n) is 9.47. The Morgan fingerprint density at radius 1 is 1.04 bits per heavy atom. The molecule has 0 saturated heterocycles. The molecule has 1 aromatic heterocycles. The van der Waals surface area contributed by atoms with Gasteiger partial charge in [0.2, 0.25) is 0 Å². The van der Waals surface area contributed by atoms with Gasteiger partial charge in [-0.2, -0.15) is 0 Å². The van der Waals surface area contributed by atoms with E-state index in [1.807, 2.05) is 13.8 Å². The summed E-state index contributed by atoms with van der Waals surface area (Å²) in [5, 5.41) is 13.2. The molecule has 0 bridgehead atoms. The molecule has 26 heavy (non-hydrogen) atoms. The lowest BCUT2D eigenvalue weighted by Gasteiger charge is -2.15. The van der Waals surface area contributed by atoms with Crippen LogP contribution in [0.5, 0.6) is 0 Å². The molecule has 0 aliphatic heterocycles. The van der Waals surface area contributed by atoms with E-state index >= 15 is 0 Å². The Morgan fingerprint density at radius 3 is 2.19 bits per heavy atom. The highest BCUT2D eigenvalue weighted by atomic mass is 16.4. The smallest absolute Gasteiger partial charge is 0.337 e. The Balaban J connectivity index is 2.42. The molecule has 4 heteroatoms. The van der Waals surface area contributed by atoms with Crippen molar-refractivity contribution < 1.29 is 9.90 Å². The lowest BCUT2D eigenvalue weighted by Crippen LogP contribution is -2.17. The summed E-state index contributed by atoms with van der Waals surface area (Å²) in [5.74, 6) is -0.839. The highest BCUT2D eigenvalue weighted by molar-refractivity contribution is 5.91. The minimum atomic E-state index is -0.839. The van der Waals surface area contributed by atoms with E-state index in [0.29, 0.717) is 18.7 Å². The SMILES string of the molecule is CCCCNCc1c(C(=O)O)c(C)n(Cc2c(C)cc(C)cc2C)c1C. The molecule has 1 heterocycles. The second-order valence-electron chi connectivity index (χ2n) is 7.32. The number of benzene rings is 1. The molecule has 0 aliphatic rings. The van der Waals surface area contributed by atoms with Gasteiger partial charge in [-0.1, -0.05) is 31.0 Å². The molecule has 0 fully saturated rings. The van der Waals surface area contributed by atoms with Crippen LogP contribution in [-0.2, 0) is 13.1 Å². The number of unbranched alkanes of at least 4 members (excludes halogenated alkanes) is 1. The van der Waals surface area contributed by atoms with Crippen LogP contribution in [0, 0.1) is 34.6 Å². The van der Waals surface area contributed by atoms with Crippen LogP contribution >= 0.6 is 0 Å². The standard InChI is InChI=1S/C22H32N2O2/c1-7-8-9-23-12-19-17(5)24(18(6)21(19)22(25)26)13-20-15(3)10-14(2)11-16(20)4/h10-11,23H,7-9,12-13H2,1-6H3,(H,25,26). The van der Waals surface area contributed by atoms with Gasteiger partial charge in [0.05, 0.1) is 5.56 Å². The third kappa shape index (κ3) is 4.18. The molecule has 2 aromatic rings. The van der Waals surface area contributed by atoms with Gasteiger partial charge in [-0.25, -0.2) is 4.79 Å². The highest BCUT2D eigenvalue weighted by Gasteiger charge is 2.22. The quantitative estimate of drug-likeness (QED) is 0.676. The van der Waals surface area contributed by atoms with Crippen molar-refractivity contribution in [3.8, 4) is 0 Å². The first-order chi connectivity index (χ1) is 12.3. The Hall–Kier alpha value is -2.07. The molecule has 0 unspecified atom stereocenters. The van der Waals surface area contributed by atoms with Crippen LogP contribution in [0.2, 0.25) is 0 Å². The van der Waals surface area contributed by atoms with Gasteiger partial charge >= 0.3 is 5.97 Å². The van der Waals surface area contributed by atoms with Crippen LogP contribution in [0.1, 0.15) is 69.3 Å². The fraction of sp³-hybridized carbons (Fsp3) is 0.500. The number of hydrogen-bond acceptors (Lipinski definition) is 2. The van der Waals surface area contributed by atoms with Gasteiger partial charge in [0, 0.05) is 30.0 Å². The third-order valence-electron chi connectivity index (χ3n) is 5.29. The molecule has 0 spiro atoms. The Morgan fingerprint density at radius 2 is 1.65 bits per heavy atom. The maximum atomic E-state index is 11.9. The van der Waals surface area contributed by atoms with Crippen molar-refractivity contribution in [1.29, 1.82) is 0 Å². The summed E-state index contributed by atoms with van der Waals surface area (Å²) in [4.78, 5) is 11.9. The van der Waals surface area contributed by atoms with Gasteiger partial charge in [-0.3, -0.25) is 0 Å². The Bertz CT molecular complexity index is 780. The average Bonchev–Trinajstić information content (AvgIpc) is 2.78. The summed E-state index contributed by atoms with van der Waals surface area (Å²) >= 11 is 0. The largest absolute Gasteiger partial charge is 0.478 e. The number of rotatable bonds is 8. The monoisotopic (exact) mass is 356 g/mol.